The predicted octanol–water partition coefficient (Wildman–Crippen LogP) is 2.44. The van der Waals surface area contributed by atoms with E-state index in [9.17, 15) is 13.2 Å². The zero-order valence-electron chi connectivity index (χ0n) is 16.6. The number of nitrogens with one attached hydrogen (secondary N) is 1. The molecule has 1 fully saturated rings. The minimum atomic E-state index is -3.80. The number of ether oxygens (including phenoxy) is 2. The fourth-order valence-electron chi connectivity index (χ4n) is 3.33. The van der Waals surface area contributed by atoms with E-state index in [1.54, 1.807) is 43.5 Å². The second-order valence-corrected chi connectivity index (χ2v) is 8.89. The topological polar surface area (TPSA) is 84.9 Å². The number of nitrogens with zero attached hydrogens (tertiary/aromatic N) is 1. The van der Waals surface area contributed by atoms with Gasteiger partial charge in [-0.05, 0) is 43.2 Å². The maximum atomic E-state index is 13.0. The van der Waals surface area contributed by atoms with E-state index in [0.29, 0.717) is 18.9 Å². The summed E-state index contributed by atoms with van der Waals surface area (Å²) >= 11 is 0. The van der Waals surface area contributed by atoms with Crippen LogP contribution in [0.15, 0.2) is 59.5 Å². The lowest BCUT2D eigenvalue weighted by atomic mass is 10.1. The molecule has 1 amide bonds. The molecule has 0 spiro atoms. The minimum Gasteiger partial charge on any atom is -0.382 e. The van der Waals surface area contributed by atoms with E-state index in [0.717, 1.165) is 12.8 Å². The summed E-state index contributed by atoms with van der Waals surface area (Å²) in [5.74, 6) is -0.359. The van der Waals surface area contributed by atoms with Gasteiger partial charge in [-0.25, -0.2) is 8.42 Å². The fraction of sp³-hybridized carbons (Fsp3) is 0.381. The zero-order chi connectivity index (χ0) is 20.9. The molecule has 0 bridgehead atoms. The lowest BCUT2D eigenvalue weighted by Crippen LogP contribution is -2.46. The summed E-state index contributed by atoms with van der Waals surface area (Å²) in [5, 5.41) is 2.92. The number of methoxy groups -OCH3 is 1. The molecular formula is C21H26N2O5S. The van der Waals surface area contributed by atoms with Crippen molar-refractivity contribution in [3.8, 4) is 0 Å². The second-order valence-electron chi connectivity index (χ2n) is 6.92. The molecule has 1 aliphatic heterocycles. The smallest absolute Gasteiger partial charge is 0.264 e. The van der Waals surface area contributed by atoms with Gasteiger partial charge in [-0.1, -0.05) is 24.3 Å². The third-order valence-corrected chi connectivity index (χ3v) is 6.73. The number of rotatable bonds is 8. The van der Waals surface area contributed by atoms with Gasteiger partial charge < -0.3 is 14.8 Å². The highest BCUT2D eigenvalue weighted by molar-refractivity contribution is 7.92. The van der Waals surface area contributed by atoms with Crippen LogP contribution in [-0.2, 0) is 19.5 Å². The quantitative estimate of drug-likeness (QED) is 0.712. The van der Waals surface area contributed by atoms with Crippen LogP contribution in [0.1, 0.15) is 23.2 Å². The highest BCUT2D eigenvalue weighted by Gasteiger charge is 2.28. The standard InChI is InChI=1S/C21H26N2O5S/c1-23(17-9-4-3-5-10-17)29(25,26)18-11-6-8-16(14-18)21(24)22-19(15-27-2)20-12-7-13-28-20/h3-6,8-11,14,19-20H,7,12-13,15H2,1-2H3,(H,22,24). The van der Waals surface area contributed by atoms with E-state index in [4.69, 9.17) is 9.47 Å². The Balaban J connectivity index is 1.80. The van der Waals surface area contributed by atoms with Crippen LogP contribution < -0.4 is 9.62 Å². The summed E-state index contributed by atoms with van der Waals surface area (Å²) in [6.07, 6.45) is 1.69. The Labute approximate surface area is 171 Å². The van der Waals surface area contributed by atoms with Gasteiger partial charge in [-0.3, -0.25) is 9.10 Å². The number of para-hydroxylation sites is 1. The largest absolute Gasteiger partial charge is 0.382 e. The van der Waals surface area contributed by atoms with Gasteiger partial charge in [0.25, 0.3) is 15.9 Å². The molecule has 1 heterocycles. The lowest BCUT2D eigenvalue weighted by molar-refractivity contribution is 0.0403. The maximum absolute atomic E-state index is 13.0. The van der Waals surface area contributed by atoms with Crippen LogP contribution in [0.2, 0.25) is 0 Å². The van der Waals surface area contributed by atoms with Crippen LogP contribution in [0.25, 0.3) is 0 Å². The molecule has 0 radical (unpaired) electrons. The van der Waals surface area contributed by atoms with E-state index in [1.165, 1.54) is 23.5 Å². The molecule has 2 aromatic rings. The SMILES string of the molecule is COCC(NC(=O)c1cccc(S(=O)(=O)N(C)c2ccccc2)c1)C1CCCO1. The van der Waals surface area contributed by atoms with E-state index < -0.39 is 10.0 Å². The van der Waals surface area contributed by atoms with E-state index >= 15 is 0 Å². The summed E-state index contributed by atoms with van der Waals surface area (Å²) in [6.45, 7) is 0.992. The average Bonchev–Trinajstić information content (AvgIpc) is 3.28. The van der Waals surface area contributed by atoms with Crippen molar-refractivity contribution in [3.63, 3.8) is 0 Å². The van der Waals surface area contributed by atoms with E-state index in [2.05, 4.69) is 5.32 Å². The van der Waals surface area contributed by atoms with Crippen LogP contribution in [0, 0.1) is 0 Å². The Morgan fingerprint density at radius 3 is 2.66 bits per heavy atom. The first-order chi connectivity index (χ1) is 13.9. The normalized spacial score (nSPS) is 17.7. The molecule has 2 aromatic carbocycles. The highest BCUT2D eigenvalue weighted by Crippen LogP contribution is 2.22. The molecule has 0 saturated carbocycles. The van der Waals surface area contributed by atoms with Gasteiger partial charge >= 0.3 is 0 Å². The summed E-state index contributed by atoms with van der Waals surface area (Å²) in [6, 6.07) is 14.5. The van der Waals surface area contributed by atoms with Crippen LogP contribution in [0.4, 0.5) is 5.69 Å². The van der Waals surface area contributed by atoms with Crippen molar-refractivity contribution in [1.82, 2.24) is 5.32 Å². The van der Waals surface area contributed by atoms with Crippen molar-refractivity contribution in [1.29, 1.82) is 0 Å². The van der Waals surface area contributed by atoms with Gasteiger partial charge in [-0.2, -0.15) is 0 Å². The summed E-state index contributed by atoms with van der Waals surface area (Å²) in [5.41, 5.74) is 0.813. The summed E-state index contributed by atoms with van der Waals surface area (Å²) in [4.78, 5) is 12.8. The molecule has 8 heteroatoms. The number of hydrogen-bond acceptors (Lipinski definition) is 5. The minimum absolute atomic E-state index is 0.0527. The van der Waals surface area contributed by atoms with Gasteiger partial charge in [0.05, 0.1) is 29.3 Å². The molecule has 156 valence electrons. The van der Waals surface area contributed by atoms with Gasteiger partial charge in [-0.15, -0.1) is 0 Å². The molecule has 7 nitrogen and oxygen atoms in total. The van der Waals surface area contributed by atoms with Crippen molar-refractivity contribution in [3.05, 3.63) is 60.2 Å². The molecular weight excluding hydrogens is 392 g/mol. The van der Waals surface area contributed by atoms with Crippen molar-refractivity contribution in [2.75, 3.05) is 31.7 Å². The lowest BCUT2D eigenvalue weighted by Gasteiger charge is -2.24. The molecule has 2 unspecified atom stereocenters. The van der Waals surface area contributed by atoms with Crippen LogP contribution in [-0.4, -0.2) is 53.8 Å². The third-order valence-electron chi connectivity index (χ3n) is 4.95. The Hall–Kier alpha value is -2.42. The van der Waals surface area contributed by atoms with E-state index in [-0.39, 0.29) is 28.5 Å². The predicted molar refractivity (Wildman–Crippen MR) is 111 cm³/mol. The molecule has 1 aliphatic rings. The first-order valence-electron chi connectivity index (χ1n) is 9.49. The first-order valence-corrected chi connectivity index (χ1v) is 10.9. The molecule has 1 saturated heterocycles. The fourth-order valence-corrected chi connectivity index (χ4v) is 4.57. The van der Waals surface area contributed by atoms with Crippen molar-refractivity contribution in [2.45, 2.75) is 29.9 Å². The molecule has 0 aromatic heterocycles. The average molecular weight is 419 g/mol. The van der Waals surface area contributed by atoms with Crippen molar-refractivity contribution >= 4 is 21.6 Å². The van der Waals surface area contributed by atoms with E-state index in [1.807, 2.05) is 6.07 Å². The summed E-state index contributed by atoms with van der Waals surface area (Å²) in [7, 11) is -0.739. The van der Waals surface area contributed by atoms with Crippen LogP contribution in [0.3, 0.4) is 0 Å². The number of benzene rings is 2. The Kier molecular flexibility index (Phi) is 6.89. The number of anilines is 1. The van der Waals surface area contributed by atoms with Gasteiger partial charge in [0, 0.05) is 26.3 Å². The second kappa shape index (κ2) is 9.39. The Bertz CT molecular complexity index is 927. The number of sulfonamides is 1. The third kappa shape index (κ3) is 4.95. The number of carbonyl (C=O) groups is 1. The molecule has 1 N–H and O–H groups in total. The maximum Gasteiger partial charge on any atom is 0.264 e. The first kappa shape index (κ1) is 21.3. The molecule has 0 aliphatic carbocycles. The van der Waals surface area contributed by atoms with Crippen molar-refractivity contribution < 1.29 is 22.7 Å². The monoisotopic (exact) mass is 418 g/mol. The Morgan fingerprint density at radius 1 is 1.24 bits per heavy atom. The zero-order valence-corrected chi connectivity index (χ0v) is 17.4. The number of amides is 1. The number of carbonyl (C=O) groups excluding carboxylic acids is 1. The number of hydrogen-bond donors (Lipinski definition) is 1. The molecule has 2 atom stereocenters. The summed E-state index contributed by atoms with van der Waals surface area (Å²) < 4.78 is 38.1. The van der Waals surface area contributed by atoms with Crippen LogP contribution in [0.5, 0.6) is 0 Å². The van der Waals surface area contributed by atoms with Gasteiger partial charge in [0.1, 0.15) is 0 Å². The highest BCUT2D eigenvalue weighted by atomic mass is 32.2. The van der Waals surface area contributed by atoms with Gasteiger partial charge in [0.15, 0.2) is 0 Å². The molecule has 29 heavy (non-hydrogen) atoms. The van der Waals surface area contributed by atoms with Gasteiger partial charge in [0.2, 0.25) is 0 Å². The van der Waals surface area contributed by atoms with Crippen molar-refractivity contribution in [2.24, 2.45) is 0 Å². The Morgan fingerprint density at radius 2 is 2.00 bits per heavy atom. The molecule has 3 rings (SSSR count). The van der Waals surface area contributed by atoms with Crippen LogP contribution >= 0.6 is 0 Å².